The van der Waals surface area contributed by atoms with Crippen LogP contribution in [0.1, 0.15) is 86.5 Å². The Labute approximate surface area is 373 Å². The molecule has 0 N–H and O–H groups in total. The molecule has 63 heavy (non-hydrogen) atoms. The SMILES string of the molecule is c1ccc(-c2ccc(N(c3ccc4c(c3)-c3ccccc3[C@]43C4CC5C[C@H](C4)C[C@H]3C5)c3ccc4c(c3)-c3ccccc3[C@]43[C@@H]4CC5C[C@@H](C4)C[C@H]3C5)c(-c3ccccc3)c2)cc1. The minimum absolute atomic E-state index is 0.152. The van der Waals surface area contributed by atoms with Crippen molar-refractivity contribution in [1.82, 2.24) is 0 Å². The molecule has 1 nitrogen and oxygen atoms in total. The fourth-order valence-corrected chi connectivity index (χ4v) is 17.4. The molecular weight excluding hydrogens is 759 g/mol. The maximum Gasteiger partial charge on any atom is 0.0540 e. The minimum atomic E-state index is 0.152. The summed E-state index contributed by atoms with van der Waals surface area (Å²) in [6.45, 7) is 0. The molecule has 0 aliphatic heterocycles. The van der Waals surface area contributed by atoms with Crippen LogP contribution in [-0.4, -0.2) is 0 Å². The van der Waals surface area contributed by atoms with Gasteiger partial charge in [0.2, 0.25) is 0 Å². The third-order valence-electron chi connectivity index (χ3n) is 19.0. The molecule has 8 saturated carbocycles. The summed E-state index contributed by atoms with van der Waals surface area (Å²) in [5.41, 5.74) is 21.5. The molecule has 0 atom stereocenters. The average molecular weight is 814 g/mol. The first-order valence-corrected chi connectivity index (χ1v) is 24.7. The Kier molecular flexibility index (Phi) is 7.36. The maximum absolute atomic E-state index is 2.65. The van der Waals surface area contributed by atoms with Gasteiger partial charge in [-0.2, -0.15) is 0 Å². The Bertz CT molecular complexity index is 2790. The van der Waals surface area contributed by atoms with Crippen molar-refractivity contribution in [3.63, 3.8) is 0 Å². The summed E-state index contributed by atoms with van der Waals surface area (Å²) in [6.07, 6.45) is 14.2. The molecule has 0 aromatic heterocycles. The molecule has 7 aromatic rings. The van der Waals surface area contributed by atoms with Crippen molar-refractivity contribution in [3.8, 4) is 44.5 Å². The van der Waals surface area contributed by atoms with E-state index in [2.05, 4.69) is 169 Å². The summed E-state index contributed by atoms with van der Waals surface area (Å²) in [6, 6.07) is 64.1. The Hall–Kier alpha value is -5.66. The van der Waals surface area contributed by atoms with Crippen molar-refractivity contribution in [2.45, 2.75) is 75.0 Å². The van der Waals surface area contributed by atoms with E-state index in [0.717, 1.165) is 47.3 Å². The molecule has 10 aliphatic rings. The van der Waals surface area contributed by atoms with Crippen LogP contribution < -0.4 is 4.90 Å². The van der Waals surface area contributed by atoms with Gasteiger partial charge < -0.3 is 4.90 Å². The normalized spacial score (nSPS) is 31.6. The molecule has 0 amide bonds. The van der Waals surface area contributed by atoms with Crippen LogP contribution in [0.15, 0.2) is 164 Å². The number of benzene rings is 7. The first kappa shape index (κ1) is 35.8. The van der Waals surface area contributed by atoms with Gasteiger partial charge in [0.15, 0.2) is 0 Å². The predicted molar refractivity (Wildman–Crippen MR) is 259 cm³/mol. The van der Waals surface area contributed by atoms with Gasteiger partial charge in [0.1, 0.15) is 0 Å². The van der Waals surface area contributed by atoms with Gasteiger partial charge in [-0.3, -0.25) is 0 Å². The van der Waals surface area contributed by atoms with Crippen LogP contribution in [0.4, 0.5) is 17.1 Å². The third-order valence-corrected chi connectivity index (χ3v) is 19.0. The molecule has 0 unspecified atom stereocenters. The minimum Gasteiger partial charge on any atom is -0.310 e. The number of nitrogens with zero attached hydrogens (tertiary/aromatic N) is 1. The van der Waals surface area contributed by atoms with Crippen molar-refractivity contribution >= 4 is 17.1 Å². The number of rotatable bonds is 5. The standard InChI is InChI=1S/C62H55N/c1-3-11-42(12-4-1)44-19-24-60(53(35-44)43-13-5-2-6-14-43)63(49-20-22-58-54(36-49)51-15-7-9-17-56(51)61(58)45-27-38-25-39(29-45)30-46(61)28-38)50-21-23-59-55(37-50)52-16-8-10-18-57(52)62(59)47-31-40-26-41(33-47)34-48(62)32-40/h1-24,35-41,45-48H,25-34H2/t38-,39?,40-,41?,45-,46-,47-,48?,61+,62-/m0/s1. The van der Waals surface area contributed by atoms with E-state index in [4.69, 9.17) is 0 Å². The third kappa shape index (κ3) is 4.74. The van der Waals surface area contributed by atoms with E-state index in [0.29, 0.717) is 0 Å². The van der Waals surface area contributed by atoms with Crippen molar-refractivity contribution in [1.29, 1.82) is 0 Å². The smallest absolute Gasteiger partial charge is 0.0540 e. The Morgan fingerprint density at radius 3 is 1.19 bits per heavy atom. The molecule has 10 aliphatic carbocycles. The summed E-state index contributed by atoms with van der Waals surface area (Å²) < 4.78 is 0. The lowest BCUT2D eigenvalue weighted by Crippen LogP contribution is -2.55. The van der Waals surface area contributed by atoms with E-state index < -0.39 is 0 Å². The van der Waals surface area contributed by atoms with Crippen LogP contribution in [0, 0.1) is 47.3 Å². The highest BCUT2D eigenvalue weighted by molar-refractivity contribution is 5.95. The molecule has 8 bridgehead atoms. The monoisotopic (exact) mass is 813 g/mol. The molecule has 0 radical (unpaired) electrons. The molecule has 7 aromatic carbocycles. The zero-order chi connectivity index (χ0) is 41.0. The highest BCUT2D eigenvalue weighted by atomic mass is 15.1. The molecule has 2 spiro atoms. The van der Waals surface area contributed by atoms with E-state index >= 15 is 0 Å². The van der Waals surface area contributed by atoms with Crippen LogP contribution in [0.3, 0.4) is 0 Å². The van der Waals surface area contributed by atoms with Gasteiger partial charge in [0, 0.05) is 27.8 Å². The van der Waals surface area contributed by atoms with Gasteiger partial charge in [0.05, 0.1) is 5.69 Å². The van der Waals surface area contributed by atoms with Crippen LogP contribution >= 0.6 is 0 Å². The van der Waals surface area contributed by atoms with E-state index in [1.54, 1.807) is 22.3 Å². The van der Waals surface area contributed by atoms with Gasteiger partial charge >= 0.3 is 0 Å². The maximum atomic E-state index is 2.65. The second kappa shape index (κ2) is 13.0. The number of hydrogen-bond donors (Lipinski definition) is 0. The zero-order valence-corrected chi connectivity index (χ0v) is 36.2. The fourth-order valence-electron chi connectivity index (χ4n) is 17.4. The molecule has 17 rings (SSSR count). The summed E-state index contributed by atoms with van der Waals surface area (Å²) in [5.74, 6) is 6.74. The molecule has 1 heteroatoms. The summed E-state index contributed by atoms with van der Waals surface area (Å²) in [4.78, 5) is 2.65. The largest absolute Gasteiger partial charge is 0.310 e. The van der Waals surface area contributed by atoms with Crippen LogP contribution in [0.25, 0.3) is 44.5 Å². The summed E-state index contributed by atoms with van der Waals surface area (Å²) in [5, 5.41) is 0. The topological polar surface area (TPSA) is 3.24 Å². The van der Waals surface area contributed by atoms with E-state index in [1.165, 1.54) is 126 Å². The van der Waals surface area contributed by atoms with Crippen molar-refractivity contribution in [2.75, 3.05) is 4.90 Å². The second-order valence-electron chi connectivity index (χ2n) is 21.7. The number of fused-ring (bicyclic) bond motifs is 6. The second-order valence-corrected chi connectivity index (χ2v) is 21.7. The van der Waals surface area contributed by atoms with Gasteiger partial charge in [-0.1, -0.05) is 127 Å². The van der Waals surface area contributed by atoms with Gasteiger partial charge in [-0.15, -0.1) is 0 Å². The predicted octanol–water partition coefficient (Wildman–Crippen LogP) is 15.9. The highest BCUT2D eigenvalue weighted by Crippen LogP contribution is 2.71. The zero-order valence-electron chi connectivity index (χ0n) is 36.2. The van der Waals surface area contributed by atoms with Crippen molar-refractivity contribution in [3.05, 3.63) is 186 Å². The van der Waals surface area contributed by atoms with Crippen molar-refractivity contribution < 1.29 is 0 Å². The fraction of sp³-hybridized carbons (Fsp3) is 0.323. The lowest BCUT2D eigenvalue weighted by Gasteiger charge is -2.61. The molecule has 0 saturated heterocycles. The molecule has 8 fully saturated rings. The molecule has 0 heterocycles. The molecular formula is C62H55N. The summed E-state index contributed by atoms with van der Waals surface area (Å²) >= 11 is 0. The lowest BCUT2D eigenvalue weighted by molar-refractivity contribution is -0.0399. The van der Waals surface area contributed by atoms with Crippen LogP contribution in [-0.2, 0) is 10.8 Å². The Morgan fingerprint density at radius 2 is 0.714 bits per heavy atom. The molecule has 308 valence electrons. The summed E-state index contributed by atoms with van der Waals surface area (Å²) in [7, 11) is 0. The van der Waals surface area contributed by atoms with E-state index in [9.17, 15) is 0 Å². The first-order valence-electron chi connectivity index (χ1n) is 24.7. The number of hydrogen-bond acceptors (Lipinski definition) is 1. The van der Waals surface area contributed by atoms with Gasteiger partial charge in [-0.05, 0) is 209 Å². The Morgan fingerprint density at radius 1 is 0.302 bits per heavy atom. The van der Waals surface area contributed by atoms with Gasteiger partial charge in [-0.25, -0.2) is 0 Å². The van der Waals surface area contributed by atoms with Crippen LogP contribution in [0.5, 0.6) is 0 Å². The van der Waals surface area contributed by atoms with E-state index in [1.807, 2.05) is 0 Å². The van der Waals surface area contributed by atoms with Crippen molar-refractivity contribution in [2.24, 2.45) is 47.3 Å². The average Bonchev–Trinajstić information content (AvgIpc) is 3.78. The Balaban J connectivity index is 0.960. The highest BCUT2D eigenvalue weighted by Gasteiger charge is 2.63. The lowest BCUT2D eigenvalue weighted by atomic mass is 9.43. The van der Waals surface area contributed by atoms with Gasteiger partial charge in [0.25, 0.3) is 0 Å². The quantitative estimate of drug-likeness (QED) is 0.167. The van der Waals surface area contributed by atoms with E-state index in [-0.39, 0.29) is 10.8 Å². The number of anilines is 3. The van der Waals surface area contributed by atoms with Crippen LogP contribution in [0.2, 0.25) is 0 Å². The first-order chi connectivity index (χ1) is 31.1.